The fourth-order valence-electron chi connectivity index (χ4n) is 0.443. The zero-order chi connectivity index (χ0) is 8.74. The molecule has 0 aliphatic heterocycles. The van der Waals surface area contributed by atoms with Crippen LogP contribution in [0.4, 0.5) is 0 Å². The first-order valence-corrected chi connectivity index (χ1v) is 6.28. The molecule has 12 heavy (non-hydrogen) atoms. The van der Waals surface area contributed by atoms with E-state index in [0.717, 1.165) is 12.8 Å². The molecule has 0 aliphatic rings. The molecule has 0 unspecified atom stereocenters. The van der Waals surface area contributed by atoms with Crippen LogP contribution < -0.4 is 56.3 Å². The second-order valence-electron chi connectivity index (χ2n) is 2.11. The van der Waals surface area contributed by atoms with Crippen LogP contribution in [0.2, 0.25) is 0 Å². The van der Waals surface area contributed by atoms with Crippen LogP contribution in [0.15, 0.2) is 0 Å². The summed E-state index contributed by atoms with van der Waals surface area (Å²) in [7, 11) is 0. The molecule has 68 valence electrons. The van der Waals surface area contributed by atoms with E-state index in [9.17, 15) is 4.89 Å². The Morgan fingerprint density at radius 1 is 1.17 bits per heavy atom. The maximum atomic E-state index is 11.1. The third-order valence-corrected chi connectivity index (χ3v) is 2.54. The predicted octanol–water partition coefficient (Wildman–Crippen LogP) is -1.57. The molecule has 0 N–H and O–H groups in total. The molecule has 0 atom stereocenters. The van der Waals surface area contributed by atoms with Crippen molar-refractivity contribution >= 4 is 18.5 Å². The fourth-order valence-corrected chi connectivity index (χ4v) is 1.78. The quantitative estimate of drug-likeness (QED) is 0.413. The topological polar surface area (TPSA) is 41.5 Å². The average Bonchev–Trinajstić information content (AvgIpc) is 1.97. The Kier molecular flexibility index (Phi) is 13.4. The maximum absolute atomic E-state index is 11.1. The zero-order valence-electron chi connectivity index (χ0n) is 7.91. The summed E-state index contributed by atoms with van der Waals surface area (Å²) in [5.74, 6) is 0. The van der Waals surface area contributed by atoms with Gasteiger partial charge < -0.3 is 13.9 Å². The summed E-state index contributed by atoms with van der Waals surface area (Å²) in [6, 6.07) is 0. The minimum absolute atomic E-state index is 0. The van der Waals surface area contributed by atoms with Gasteiger partial charge in [-0.1, -0.05) is 25.7 Å². The standard InChI is InChI=1S/C6H15O3PS.K/c1-3-5-8-10(7,11)9-6-4-2;/h3-6H2,1-2H3,(H,7,11);/q;+1/p-1. The third kappa shape index (κ3) is 10.2. The van der Waals surface area contributed by atoms with Gasteiger partial charge in [0, 0.05) is 0 Å². The summed E-state index contributed by atoms with van der Waals surface area (Å²) in [5.41, 5.74) is 0. The van der Waals surface area contributed by atoms with Gasteiger partial charge in [0.1, 0.15) is 6.72 Å². The minimum Gasteiger partial charge on any atom is -0.780 e. The monoisotopic (exact) mass is 236 g/mol. The van der Waals surface area contributed by atoms with Crippen LogP contribution in [0.3, 0.4) is 0 Å². The molecule has 0 aromatic carbocycles. The molecule has 0 spiro atoms. The Bertz CT molecular complexity index is 133. The van der Waals surface area contributed by atoms with E-state index in [4.69, 9.17) is 9.05 Å². The summed E-state index contributed by atoms with van der Waals surface area (Å²) < 4.78 is 9.66. The zero-order valence-corrected chi connectivity index (χ0v) is 12.7. The average molecular weight is 236 g/mol. The first-order valence-electron chi connectivity index (χ1n) is 3.72. The SMILES string of the molecule is CCCOP([O-])(=S)OCCC.[K+]. The van der Waals surface area contributed by atoms with Crippen molar-refractivity contribution in [1.82, 2.24) is 0 Å². The van der Waals surface area contributed by atoms with E-state index in [-0.39, 0.29) is 51.4 Å². The molecule has 0 saturated heterocycles. The van der Waals surface area contributed by atoms with Crippen LogP contribution in [0, 0.1) is 0 Å². The minimum atomic E-state index is -3.14. The van der Waals surface area contributed by atoms with E-state index in [2.05, 4.69) is 11.8 Å². The van der Waals surface area contributed by atoms with Crippen molar-refractivity contribution in [3.05, 3.63) is 0 Å². The normalized spacial score (nSPS) is 10.9. The molecule has 0 aromatic rings. The van der Waals surface area contributed by atoms with Gasteiger partial charge in [0.15, 0.2) is 0 Å². The smallest absolute Gasteiger partial charge is 0.780 e. The summed E-state index contributed by atoms with van der Waals surface area (Å²) in [6.45, 7) is 1.52. The Labute approximate surface area is 122 Å². The van der Waals surface area contributed by atoms with Crippen LogP contribution in [-0.2, 0) is 20.9 Å². The molecule has 3 nitrogen and oxygen atoms in total. The van der Waals surface area contributed by atoms with Crippen LogP contribution in [0.5, 0.6) is 0 Å². The van der Waals surface area contributed by atoms with E-state index in [0.29, 0.717) is 13.2 Å². The summed E-state index contributed by atoms with van der Waals surface area (Å²) >= 11 is 4.59. The van der Waals surface area contributed by atoms with E-state index < -0.39 is 6.72 Å². The Morgan fingerprint density at radius 2 is 1.50 bits per heavy atom. The van der Waals surface area contributed by atoms with Crippen molar-refractivity contribution in [2.75, 3.05) is 13.2 Å². The van der Waals surface area contributed by atoms with E-state index in [1.807, 2.05) is 13.8 Å². The Balaban J connectivity index is 0. The first kappa shape index (κ1) is 16.6. The molecular weight excluding hydrogens is 222 g/mol. The molecule has 0 fully saturated rings. The number of hydrogen-bond acceptors (Lipinski definition) is 4. The molecule has 0 aliphatic carbocycles. The van der Waals surface area contributed by atoms with Crippen LogP contribution in [-0.4, -0.2) is 13.2 Å². The molecule has 0 aromatic heterocycles. The van der Waals surface area contributed by atoms with Gasteiger partial charge in [0.2, 0.25) is 0 Å². The van der Waals surface area contributed by atoms with Crippen LogP contribution >= 0.6 is 6.72 Å². The van der Waals surface area contributed by atoms with Crippen LogP contribution in [0.1, 0.15) is 26.7 Å². The second kappa shape index (κ2) is 9.71. The Morgan fingerprint density at radius 3 is 1.75 bits per heavy atom. The largest absolute Gasteiger partial charge is 1.00 e. The van der Waals surface area contributed by atoms with Crippen molar-refractivity contribution in [3.63, 3.8) is 0 Å². The van der Waals surface area contributed by atoms with Crippen molar-refractivity contribution in [3.8, 4) is 0 Å². The van der Waals surface area contributed by atoms with Crippen molar-refractivity contribution in [2.24, 2.45) is 0 Å². The van der Waals surface area contributed by atoms with E-state index >= 15 is 0 Å². The number of rotatable bonds is 6. The molecular formula is C6H14KO3PS. The molecule has 0 rings (SSSR count). The van der Waals surface area contributed by atoms with Gasteiger partial charge in [0.05, 0.1) is 13.2 Å². The fraction of sp³-hybridized carbons (Fsp3) is 1.00. The molecule has 0 saturated carbocycles. The number of hydrogen-bond donors (Lipinski definition) is 0. The molecule has 0 radical (unpaired) electrons. The van der Waals surface area contributed by atoms with Gasteiger partial charge in [-0.15, -0.1) is 0 Å². The van der Waals surface area contributed by atoms with E-state index in [1.54, 1.807) is 0 Å². The third-order valence-electron chi connectivity index (χ3n) is 0.907. The van der Waals surface area contributed by atoms with Gasteiger partial charge in [-0.05, 0) is 12.8 Å². The van der Waals surface area contributed by atoms with Gasteiger partial charge in [-0.2, -0.15) is 0 Å². The van der Waals surface area contributed by atoms with Gasteiger partial charge in [0.25, 0.3) is 0 Å². The molecule has 0 heterocycles. The molecule has 6 heteroatoms. The van der Waals surface area contributed by atoms with E-state index in [1.165, 1.54) is 0 Å². The van der Waals surface area contributed by atoms with Gasteiger partial charge in [-0.25, -0.2) is 0 Å². The van der Waals surface area contributed by atoms with Crippen molar-refractivity contribution in [2.45, 2.75) is 26.7 Å². The summed E-state index contributed by atoms with van der Waals surface area (Å²) in [5, 5.41) is 0. The first-order chi connectivity index (χ1) is 5.12. The predicted molar refractivity (Wildman–Crippen MR) is 46.8 cm³/mol. The van der Waals surface area contributed by atoms with Crippen molar-refractivity contribution < 1.29 is 65.3 Å². The Hall–Kier alpha value is 2.17. The summed E-state index contributed by atoms with van der Waals surface area (Å²) in [4.78, 5) is 11.1. The van der Waals surface area contributed by atoms with Crippen LogP contribution in [0.25, 0.3) is 0 Å². The molecule has 0 amide bonds. The summed E-state index contributed by atoms with van der Waals surface area (Å²) in [6.07, 6.45) is 1.60. The molecule has 0 bridgehead atoms. The van der Waals surface area contributed by atoms with Crippen molar-refractivity contribution in [1.29, 1.82) is 0 Å². The maximum Gasteiger partial charge on any atom is 1.00 e. The van der Waals surface area contributed by atoms with Gasteiger partial charge in [-0.3, -0.25) is 0 Å². The second-order valence-corrected chi connectivity index (χ2v) is 4.87. The van der Waals surface area contributed by atoms with Gasteiger partial charge >= 0.3 is 51.4 Å².